The average Bonchev–Trinajstić information content (AvgIpc) is 2.66. The largest absolute Gasteiger partial charge is 0.495 e. The molecule has 0 saturated carbocycles. The van der Waals surface area contributed by atoms with Crippen LogP contribution in [0.1, 0.15) is 12.5 Å². The van der Waals surface area contributed by atoms with Crippen LogP contribution in [-0.2, 0) is 21.2 Å². The molecule has 146 valence electrons. The normalized spacial score (nSPS) is 11.4. The van der Waals surface area contributed by atoms with Crippen LogP contribution in [0.3, 0.4) is 0 Å². The summed E-state index contributed by atoms with van der Waals surface area (Å²) in [5.41, 5.74) is 0.987. The van der Waals surface area contributed by atoms with Crippen LogP contribution in [0.2, 0.25) is 5.02 Å². The molecule has 2 aromatic rings. The summed E-state index contributed by atoms with van der Waals surface area (Å²) in [6.45, 7) is 2.13. The molecule has 0 aromatic heterocycles. The number of rotatable bonds is 9. The molecule has 1 amide bonds. The first-order valence-electron chi connectivity index (χ1n) is 8.52. The standard InChI is InChI=1S/C19H23ClN2O4S/c1-3-21-19(23)14-22(12-11-15-7-5-4-6-8-15)27(24,25)16-9-10-18(26-2)17(20)13-16/h4-10,13H,3,11-12,14H2,1-2H3,(H,21,23). The van der Waals surface area contributed by atoms with E-state index in [1.165, 1.54) is 29.6 Å². The molecule has 0 spiro atoms. The van der Waals surface area contributed by atoms with Gasteiger partial charge in [-0.3, -0.25) is 4.79 Å². The summed E-state index contributed by atoms with van der Waals surface area (Å²) >= 11 is 6.08. The van der Waals surface area contributed by atoms with Crippen molar-refractivity contribution in [2.45, 2.75) is 18.2 Å². The summed E-state index contributed by atoms with van der Waals surface area (Å²) in [4.78, 5) is 12.1. The van der Waals surface area contributed by atoms with Crippen molar-refractivity contribution in [3.8, 4) is 5.75 Å². The lowest BCUT2D eigenvalue weighted by Gasteiger charge is -2.22. The van der Waals surface area contributed by atoms with Crippen molar-refractivity contribution in [2.75, 3.05) is 26.7 Å². The van der Waals surface area contributed by atoms with Crippen LogP contribution in [0.25, 0.3) is 0 Å². The van der Waals surface area contributed by atoms with E-state index in [-0.39, 0.29) is 28.9 Å². The molecule has 27 heavy (non-hydrogen) atoms. The summed E-state index contributed by atoms with van der Waals surface area (Å²) < 4.78 is 32.4. The van der Waals surface area contributed by atoms with Gasteiger partial charge in [0.05, 0.1) is 23.6 Å². The molecule has 0 fully saturated rings. The second kappa shape index (κ2) is 9.73. The Morgan fingerprint density at radius 1 is 1.19 bits per heavy atom. The maximum absolute atomic E-state index is 13.1. The number of methoxy groups -OCH3 is 1. The molecule has 0 bridgehead atoms. The first-order chi connectivity index (χ1) is 12.9. The van der Waals surface area contributed by atoms with Gasteiger partial charge in [0.1, 0.15) is 5.75 Å². The van der Waals surface area contributed by atoms with Gasteiger partial charge in [0.15, 0.2) is 0 Å². The van der Waals surface area contributed by atoms with Gasteiger partial charge in [-0.25, -0.2) is 8.42 Å². The highest BCUT2D eigenvalue weighted by molar-refractivity contribution is 7.89. The molecule has 8 heteroatoms. The number of sulfonamides is 1. The van der Waals surface area contributed by atoms with Crippen LogP contribution < -0.4 is 10.1 Å². The van der Waals surface area contributed by atoms with Gasteiger partial charge in [0.2, 0.25) is 15.9 Å². The number of nitrogens with one attached hydrogen (secondary N) is 1. The number of carbonyl (C=O) groups is 1. The van der Waals surface area contributed by atoms with Crippen LogP contribution in [0, 0.1) is 0 Å². The van der Waals surface area contributed by atoms with Crippen LogP contribution in [0.5, 0.6) is 5.75 Å². The number of halogens is 1. The lowest BCUT2D eigenvalue weighted by atomic mass is 10.1. The van der Waals surface area contributed by atoms with E-state index in [1.54, 1.807) is 6.92 Å². The SMILES string of the molecule is CCNC(=O)CN(CCc1ccccc1)S(=O)(=O)c1ccc(OC)c(Cl)c1. The molecule has 0 saturated heterocycles. The van der Waals surface area contributed by atoms with Crippen LogP contribution in [0.15, 0.2) is 53.4 Å². The number of hydrogen-bond donors (Lipinski definition) is 1. The van der Waals surface area contributed by atoms with E-state index in [1.807, 2.05) is 30.3 Å². The van der Waals surface area contributed by atoms with E-state index in [9.17, 15) is 13.2 Å². The Morgan fingerprint density at radius 2 is 1.89 bits per heavy atom. The van der Waals surface area contributed by atoms with Gasteiger partial charge in [-0.05, 0) is 37.1 Å². The predicted molar refractivity (Wildman–Crippen MR) is 106 cm³/mol. The third kappa shape index (κ3) is 5.69. The van der Waals surface area contributed by atoms with Gasteiger partial charge < -0.3 is 10.1 Å². The van der Waals surface area contributed by atoms with Crippen molar-refractivity contribution in [1.82, 2.24) is 9.62 Å². The van der Waals surface area contributed by atoms with E-state index in [2.05, 4.69) is 5.32 Å². The minimum atomic E-state index is -3.90. The highest BCUT2D eigenvalue weighted by atomic mass is 35.5. The Morgan fingerprint density at radius 3 is 2.48 bits per heavy atom. The Kier molecular flexibility index (Phi) is 7.65. The lowest BCUT2D eigenvalue weighted by molar-refractivity contribution is -0.121. The first kappa shape index (κ1) is 21.2. The van der Waals surface area contributed by atoms with Gasteiger partial charge in [-0.15, -0.1) is 0 Å². The molecular formula is C19H23ClN2O4S. The molecule has 0 radical (unpaired) electrons. The fourth-order valence-electron chi connectivity index (χ4n) is 2.55. The average molecular weight is 411 g/mol. The number of amides is 1. The van der Waals surface area contributed by atoms with E-state index in [4.69, 9.17) is 16.3 Å². The van der Waals surface area contributed by atoms with Crippen molar-refractivity contribution < 1.29 is 17.9 Å². The summed E-state index contributed by atoms with van der Waals surface area (Å²) in [6.07, 6.45) is 0.489. The molecule has 1 N–H and O–H groups in total. The number of nitrogens with zero attached hydrogens (tertiary/aromatic N) is 1. The maximum Gasteiger partial charge on any atom is 0.243 e. The molecule has 6 nitrogen and oxygen atoms in total. The smallest absolute Gasteiger partial charge is 0.243 e. The Balaban J connectivity index is 2.29. The highest BCUT2D eigenvalue weighted by Gasteiger charge is 2.27. The van der Waals surface area contributed by atoms with Crippen molar-refractivity contribution in [3.05, 3.63) is 59.1 Å². The zero-order valence-electron chi connectivity index (χ0n) is 15.3. The van der Waals surface area contributed by atoms with Gasteiger partial charge in [-0.1, -0.05) is 41.9 Å². The van der Waals surface area contributed by atoms with Crippen molar-refractivity contribution in [3.63, 3.8) is 0 Å². The highest BCUT2D eigenvalue weighted by Crippen LogP contribution is 2.28. The summed E-state index contributed by atoms with van der Waals surface area (Å²) in [7, 11) is -2.44. The predicted octanol–water partition coefficient (Wildman–Crippen LogP) is 2.72. The van der Waals surface area contributed by atoms with Gasteiger partial charge in [0, 0.05) is 13.1 Å². The lowest BCUT2D eigenvalue weighted by Crippen LogP contribution is -2.41. The second-order valence-electron chi connectivity index (χ2n) is 5.82. The van der Waals surface area contributed by atoms with E-state index < -0.39 is 10.0 Å². The monoisotopic (exact) mass is 410 g/mol. The molecule has 0 atom stereocenters. The fourth-order valence-corrected chi connectivity index (χ4v) is 4.30. The molecule has 0 aliphatic rings. The van der Waals surface area contributed by atoms with Crippen LogP contribution >= 0.6 is 11.6 Å². The summed E-state index contributed by atoms with van der Waals surface area (Å²) in [5, 5.41) is 2.83. The minimum Gasteiger partial charge on any atom is -0.495 e. The number of carbonyl (C=O) groups excluding carboxylic acids is 1. The minimum absolute atomic E-state index is 0.0191. The third-order valence-corrected chi connectivity index (χ3v) is 6.08. The molecule has 0 unspecified atom stereocenters. The van der Waals surface area contributed by atoms with Crippen LogP contribution in [0.4, 0.5) is 0 Å². The van der Waals surface area contributed by atoms with Crippen molar-refractivity contribution >= 4 is 27.5 Å². The third-order valence-electron chi connectivity index (χ3n) is 3.95. The Bertz CT molecular complexity index is 873. The molecule has 0 aliphatic carbocycles. The van der Waals surface area contributed by atoms with Crippen molar-refractivity contribution in [2.24, 2.45) is 0 Å². The Labute approximate surface area is 165 Å². The number of benzene rings is 2. The molecule has 0 heterocycles. The van der Waals surface area contributed by atoms with Gasteiger partial charge in [0.25, 0.3) is 0 Å². The zero-order chi connectivity index (χ0) is 19.9. The summed E-state index contributed by atoms with van der Waals surface area (Å²) in [5.74, 6) is 0.0314. The molecular weight excluding hydrogens is 388 g/mol. The molecule has 0 aliphatic heterocycles. The topological polar surface area (TPSA) is 75.7 Å². The first-order valence-corrected chi connectivity index (χ1v) is 10.3. The number of hydrogen-bond acceptors (Lipinski definition) is 4. The van der Waals surface area contributed by atoms with E-state index >= 15 is 0 Å². The van der Waals surface area contributed by atoms with Crippen molar-refractivity contribution in [1.29, 1.82) is 0 Å². The summed E-state index contributed by atoms with van der Waals surface area (Å²) in [6, 6.07) is 13.8. The molecule has 2 aromatic carbocycles. The maximum atomic E-state index is 13.1. The fraction of sp³-hybridized carbons (Fsp3) is 0.316. The Hall–Kier alpha value is -2.09. The van der Waals surface area contributed by atoms with Crippen LogP contribution in [-0.4, -0.2) is 45.4 Å². The second-order valence-corrected chi connectivity index (χ2v) is 8.17. The number of likely N-dealkylation sites (N-methyl/N-ethyl adjacent to an activating group) is 1. The van der Waals surface area contributed by atoms with E-state index in [0.717, 1.165) is 5.56 Å². The van der Waals surface area contributed by atoms with E-state index in [0.29, 0.717) is 18.7 Å². The zero-order valence-corrected chi connectivity index (χ0v) is 16.9. The van der Waals surface area contributed by atoms with Gasteiger partial charge >= 0.3 is 0 Å². The van der Waals surface area contributed by atoms with Gasteiger partial charge in [-0.2, -0.15) is 4.31 Å². The quantitative estimate of drug-likeness (QED) is 0.689. The number of ether oxygens (including phenoxy) is 1. The molecule has 2 rings (SSSR count).